The van der Waals surface area contributed by atoms with Crippen molar-refractivity contribution >= 4 is 23.5 Å². The SMILES string of the molecule is C=CC(C)Nc1nc2c(c(=O)n1-c1ccc(C(=O)N(C)C(=O)CC(CC(=O)C(N)C(C)C)C(C)C)cc1)CC(C)N(C=C1CCC1)C2. The van der Waals surface area contributed by atoms with E-state index in [1.165, 1.54) is 19.0 Å². The molecule has 2 heterocycles. The molecule has 4 rings (SSSR count). The molecule has 1 aromatic heterocycles. The number of carbonyl (C=O) groups is 3. The van der Waals surface area contributed by atoms with Crippen LogP contribution in [0.2, 0.25) is 0 Å². The number of amides is 2. The van der Waals surface area contributed by atoms with Crippen molar-refractivity contribution in [3.63, 3.8) is 0 Å². The number of fused-ring (bicyclic) bond motifs is 1. The van der Waals surface area contributed by atoms with E-state index >= 15 is 0 Å². The molecule has 0 spiro atoms. The zero-order chi connectivity index (χ0) is 34.6. The number of hydrogen-bond donors (Lipinski definition) is 2. The molecule has 10 heteroatoms. The van der Waals surface area contributed by atoms with Gasteiger partial charge < -0.3 is 16.0 Å². The van der Waals surface area contributed by atoms with Crippen LogP contribution in [-0.2, 0) is 22.6 Å². The molecule has 4 atom stereocenters. The Morgan fingerprint density at radius 3 is 2.30 bits per heavy atom. The topological polar surface area (TPSA) is 131 Å². The summed E-state index contributed by atoms with van der Waals surface area (Å²) in [6.45, 7) is 16.2. The van der Waals surface area contributed by atoms with Gasteiger partial charge in [0.15, 0.2) is 0 Å². The van der Waals surface area contributed by atoms with Gasteiger partial charge in [-0.15, -0.1) is 6.58 Å². The van der Waals surface area contributed by atoms with Crippen LogP contribution < -0.4 is 16.6 Å². The molecule has 2 amide bonds. The van der Waals surface area contributed by atoms with Crippen LogP contribution in [0.5, 0.6) is 0 Å². The molecule has 0 bridgehead atoms. The Morgan fingerprint density at radius 2 is 1.74 bits per heavy atom. The molecule has 4 unspecified atom stereocenters. The fourth-order valence-corrected chi connectivity index (χ4v) is 5.92. The third-order valence-corrected chi connectivity index (χ3v) is 9.70. The first-order valence-corrected chi connectivity index (χ1v) is 16.9. The molecule has 1 aromatic carbocycles. The molecule has 1 fully saturated rings. The number of allylic oxidation sites excluding steroid dienone is 1. The van der Waals surface area contributed by atoms with Crippen LogP contribution in [0, 0.1) is 17.8 Å². The van der Waals surface area contributed by atoms with Gasteiger partial charge >= 0.3 is 0 Å². The van der Waals surface area contributed by atoms with Gasteiger partial charge in [-0.05, 0) is 87.7 Å². The number of rotatable bonds is 13. The number of nitrogens with zero attached hydrogens (tertiary/aromatic N) is 4. The summed E-state index contributed by atoms with van der Waals surface area (Å²) < 4.78 is 1.56. The molecule has 1 aliphatic heterocycles. The van der Waals surface area contributed by atoms with Crippen LogP contribution in [0.3, 0.4) is 0 Å². The zero-order valence-electron chi connectivity index (χ0n) is 29.1. The fraction of sp³-hybridized carbons (Fsp3) is 0.541. The number of ketones is 1. The van der Waals surface area contributed by atoms with Crippen LogP contribution in [0.1, 0.15) is 95.3 Å². The highest BCUT2D eigenvalue weighted by atomic mass is 16.2. The Labute approximate surface area is 279 Å². The number of nitrogens with two attached hydrogens (primary N) is 1. The normalized spacial score (nSPS) is 17.8. The van der Waals surface area contributed by atoms with Gasteiger partial charge in [-0.3, -0.25) is 24.1 Å². The summed E-state index contributed by atoms with van der Waals surface area (Å²) in [7, 11) is 1.46. The molecule has 254 valence electrons. The summed E-state index contributed by atoms with van der Waals surface area (Å²) in [6.07, 6.45) is 8.32. The van der Waals surface area contributed by atoms with E-state index < -0.39 is 11.9 Å². The Kier molecular flexibility index (Phi) is 11.6. The van der Waals surface area contributed by atoms with E-state index in [0.717, 1.165) is 23.4 Å². The van der Waals surface area contributed by atoms with E-state index in [-0.39, 0.29) is 59.9 Å². The van der Waals surface area contributed by atoms with Crippen molar-refractivity contribution in [2.45, 2.75) is 105 Å². The van der Waals surface area contributed by atoms with Crippen LogP contribution in [0.4, 0.5) is 5.95 Å². The van der Waals surface area contributed by atoms with Crippen LogP contribution in [0.15, 0.2) is 53.5 Å². The largest absolute Gasteiger partial charge is 0.369 e. The Bertz CT molecular complexity index is 1570. The number of nitrogens with one attached hydrogen (secondary N) is 1. The number of imide groups is 1. The maximum absolute atomic E-state index is 14.0. The Morgan fingerprint density at radius 1 is 1.09 bits per heavy atom. The summed E-state index contributed by atoms with van der Waals surface area (Å²) in [5.41, 5.74) is 9.67. The van der Waals surface area contributed by atoms with E-state index in [4.69, 9.17) is 10.7 Å². The second kappa shape index (κ2) is 15.2. The van der Waals surface area contributed by atoms with Crippen molar-refractivity contribution in [2.24, 2.45) is 23.5 Å². The van der Waals surface area contributed by atoms with Gasteiger partial charge in [0.2, 0.25) is 11.9 Å². The predicted molar refractivity (Wildman–Crippen MR) is 186 cm³/mol. The van der Waals surface area contributed by atoms with E-state index in [1.807, 2.05) is 34.6 Å². The third-order valence-electron chi connectivity index (χ3n) is 9.70. The first-order chi connectivity index (χ1) is 22.2. The van der Waals surface area contributed by atoms with Crippen molar-refractivity contribution in [1.82, 2.24) is 19.4 Å². The standard InChI is InChI=1S/C37H52N6O4/c1-9-24(6)39-37-40-31-21-42(20-26-11-10-12-26)25(7)17-30(31)36(47)43(37)29-15-13-27(14-16-29)35(46)41(8)33(45)19-28(22(2)3)18-32(44)34(38)23(4)5/h9,13-16,20,22-25,28,34H,1,10-12,17-19,21,38H2,2-8H3,(H,39,40). The summed E-state index contributed by atoms with van der Waals surface area (Å²) in [6, 6.07) is 6.08. The average Bonchev–Trinajstić information content (AvgIpc) is 3.01. The molecular weight excluding hydrogens is 592 g/mol. The highest BCUT2D eigenvalue weighted by molar-refractivity contribution is 6.04. The quantitative estimate of drug-likeness (QED) is 0.283. The molecule has 3 N–H and O–H groups in total. The van der Waals surface area contributed by atoms with Crippen molar-refractivity contribution in [2.75, 3.05) is 12.4 Å². The maximum Gasteiger partial charge on any atom is 0.263 e. The zero-order valence-corrected chi connectivity index (χ0v) is 29.1. The van der Waals surface area contributed by atoms with Gasteiger partial charge in [0, 0.05) is 43.1 Å². The first-order valence-electron chi connectivity index (χ1n) is 16.9. The molecule has 0 saturated heterocycles. The maximum atomic E-state index is 14.0. The fourth-order valence-electron chi connectivity index (χ4n) is 5.92. The lowest BCUT2D eigenvalue weighted by Gasteiger charge is -2.35. The van der Waals surface area contributed by atoms with E-state index in [2.05, 4.69) is 29.9 Å². The monoisotopic (exact) mass is 644 g/mol. The number of aromatic nitrogens is 2. The van der Waals surface area contributed by atoms with E-state index in [9.17, 15) is 19.2 Å². The van der Waals surface area contributed by atoms with Gasteiger partial charge in [-0.1, -0.05) is 39.3 Å². The van der Waals surface area contributed by atoms with Crippen LogP contribution in [-0.4, -0.2) is 62.1 Å². The number of carbonyl (C=O) groups excluding carboxylic acids is 3. The summed E-state index contributed by atoms with van der Waals surface area (Å²) in [5, 5.41) is 3.31. The Balaban J connectivity index is 1.56. The van der Waals surface area contributed by atoms with Crippen molar-refractivity contribution < 1.29 is 14.4 Å². The minimum Gasteiger partial charge on any atom is -0.369 e. The number of Topliss-reactive ketones (excluding diaryl/α,β-unsaturated/α-hetero) is 1. The Hall–Kier alpha value is -4.05. The molecule has 0 radical (unpaired) electrons. The highest BCUT2D eigenvalue weighted by Crippen LogP contribution is 2.30. The van der Waals surface area contributed by atoms with Gasteiger partial charge in [-0.25, -0.2) is 9.55 Å². The van der Waals surface area contributed by atoms with Gasteiger partial charge in [0.25, 0.3) is 11.5 Å². The molecule has 2 aliphatic rings. The second-order valence-electron chi connectivity index (χ2n) is 14.0. The van der Waals surface area contributed by atoms with E-state index in [0.29, 0.717) is 35.7 Å². The minimum atomic E-state index is -0.578. The van der Waals surface area contributed by atoms with Crippen LogP contribution in [0.25, 0.3) is 5.69 Å². The molecule has 1 aliphatic carbocycles. The van der Waals surface area contributed by atoms with Crippen molar-refractivity contribution in [1.29, 1.82) is 0 Å². The second-order valence-corrected chi connectivity index (χ2v) is 14.0. The predicted octanol–water partition coefficient (Wildman–Crippen LogP) is 5.24. The van der Waals surface area contributed by atoms with Gasteiger partial charge in [0.1, 0.15) is 5.78 Å². The smallest absolute Gasteiger partial charge is 0.263 e. The third kappa shape index (κ3) is 8.27. The van der Waals surface area contributed by atoms with Crippen molar-refractivity contribution in [3.8, 4) is 5.69 Å². The summed E-state index contributed by atoms with van der Waals surface area (Å²) in [4.78, 5) is 61.7. The van der Waals surface area contributed by atoms with Gasteiger partial charge in [0.05, 0.1) is 24.0 Å². The van der Waals surface area contributed by atoms with Gasteiger partial charge in [-0.2, -0.15) is 0 Å². The lowest BCUT2D eigenvalue weighted by Crippen LogP contribution is -2.41. The van der Waals surface area contributed by atoms with E-state index in [1.54, 1.807) is 34.9 Å². The molecule has 10 nitrogen and oxygen atoms in total. The summed E-state index contributed by atoms with van der Waals surface area (Å²) >= 11 is 0. The lowest BCUT2D eigenvalue weighted by atomic mass is 9.84. The molecule has 2 aromatic rings. The average molecular weight is 645 g/mol. The summed E-state index contributed by atoms with van der Waals surface area (Å²) in [5.74, 6) is -0.642. The number of benzene rings is 1. The van der Waals surface area contributed by atoms with Crippen LogP contribution >= 0.6 is 0 Å². The highest BCUT2D eigenvalue weighted by Gasteiger charge is 2.30. The molecular formula is C37H52N6O4. The minimum absolute atomic E-state index is 0.0109. The number of hydrogen-bond acceptors (Lipinski definition) is 8. The number of anilines is 1. The molecule has 1 saturated carbocycles. The molecule has 47 heavy (non-hydrogen) atoms. The first kappa shape index (κ1) is 35.8. The van der Waals surface area contributed by atoms with Crippen molar-refractivity contribution in [3.05, 3.63) is 75.9 Å². The lowest BCUT2D eigenvalue weighted by molar-refractivity contribution is -0.129.